The van der Waals surface area contributed by atoms with Crippen molar-refractivity contribution in [2.24, 2.45) is 0 Å². The average Bonchev–Trinajstić information content (AvgIpc) is 2.25. The summed E-state index contributed by atoms with van der Waals surface area (Å²) in [5.41, 5.74) is -0.154. The zero-order valence-corrected chi connectivity index (χ0v) is 9.11. The fourth-order valence-corrected chi connectivity index (χ4v) is 1.23. The molecule has 0 unspecified atom stereocenters. The number of hydrogen-bond donors (Lipinski definition) is 1. The van der Waals surface area contributed by atoms with E-state index < -0.39 is 11.8 Å². The molecule has 0 amide bonds. The average molecular weight is 228 g/mol. The smallest absolute Gasteiger partial charge is 0.339 e. The van der Waals surface area contributed by atoms with Crippen molar-refractivity contribution < 1.29 is 19.0 Å². The number of methoxy groups -OCH3 is 1. The van der Waals surface area contributed by atoms with Gasteiger partial charge < -0.3 is 14.7 Å². The van der Waals surface area contributed by atoms with Crippen molar-refractivity contribution in [3.63, 3.8) is 0 Å². The van der Waals surface area contributed by atoms with Gasteiger partial charge in [0.1, 0.15) is 17.2 Å². The number of carbonyl (C=O) groups is 1. The van der Waals surface area contributed by atoms with Gasteiger partial charge in [-0.15, -0.1) is 0 Å². The highest BCUT2D eigenvalue weighted by atomic mass is 19.1. The molecule has 0 saturated heterocycles. The van der Waals surface area contributed by atoms with Crippen molar-refractivity contribution in [2.45, 2.75) is 0 Å². The molecule has 0 aliphatic heterocycles. The van der Waals surface area contributed by atoms with E-state index in [2.05, 4.69) is 4.98 Å². The molecule has 5 nitrogen and oxygen atoms in total. The molecular weight excluding hydrogens is 215 g/mol. The number of aromatic carboxylic acids is 1. The number of carboxylic acid groups (broad SMARTS) is 1. The molecule has 0 aliphatic carbocycles. The zero-order chi connectivity index (χ0) is 12.1. The summed E-state index contributed by atoms with van der Waals surface area (Å²) >= 11 is 0. The van der Waals surface area contributed by atoms with E-state index in [9.17, 15) is 9.18 Å². The van der Waals surface area contributed by atoms with Crippen LogP contribution >= 0.6 is 0 Å². The number of likely N-dealkylation sites (N-methyl/N-ethyl adjacent to an activating group) is 1. The predicted molar refractivity (Wildman–Crippen MR) is 56.3 cm³/mol. The third kappa shape index (κ3) is 2.90. The Bertz CT molecular complexity index is 384. The van der Waals surface area contributed by atoms with E-state index in [4.69, 9.17) is 9.84 Å². The van der Waals surface area contributed by atoms with E-state index in [1.165, 1.54) is 0 Å². The minimum atomic E-state index is -1.20. The Morgan fingerprint density at radius 2 is 2.38 bits per heavy atom. The monoisotopic (exact) mass is 228 g/mol. The Labute approximate surface area is 92.5 Å². The fourth-order valence-electron chi connectivity index (χ4n) is 1.23. The Hall–Kier alpha value is -1.69. The minimum Gasteiger partial charge on any atom is -0.478 e. The first-order valence-corrected chi connectivity index (χ1v) is 4.65. The Morgan fingerprint density at radius 1 is 1.69 bits per heavy atom. The van der Waals surface area contributed by atoms with Crippen molar-refractivity contribution >= 4 is 11.8 Å². The molecule has 1 rings (SSSR count). The summed E-state index contributed by atoms with van der Waals surface area (Å²) in [5.74, 6) is -1.64. The highest BCUT2D eigenvalue weighted by Gasteiger charge is 2.15. The quantitative estimate of drug-likeness (QED) is 0.814. The third-order valence-electron chi connectivity index (χ3n) is 2.06. The molecule has 0 saturated carbocycles. The van der Waals surface area contributed by atoms with Crippen molar-refractivity contribution in [2.75, 3.05) is 32.2 Å². The van der Waals surface area contributed by atoms with Crippen LogP contribution in [0, 0.1) is 5.82 Å². The first kappa shape index (κ1) is 12.4. The first-order valence-electron chi connectivity index (χ1n) is 4.65. The molecule has 0 fully saturated rings. The molecule has 0 aliphatic rings. The lowest BCUT2D eigenvalue weighted by Gasteiger charge is -2.19. The number of carboxylic acids is 1. The van der Waals surface area contributed by atoms with Gasteiger partial charge in [-0.3, -0.25) is 0 Å². The highest BCUT2D eigenvalue weighted by molar-refractivity contribution is 5.93. The van der Waals surface area contributed by atoms with Crippen LogP contribution in [0.1, 0.15) is 10.4 Å². The summed E-state index contributed by atoms with van der Waals surface area (Å²) in [4.78, 5) is 16.3. The van der Waals surface area contributed by atoms with Crippen LogP contribution in [0.2, 0.25) is 0 Å². The van der Waals surface area contributed by atoms with E-state index in [1.807, 2.05) is 0 Å². The molecule has 0 bridgehead atoms. The SMILES string of the molecule is COCCN(C)c1ncc(F)cc1C(=O)O. The van der Waals surface area contributed by atoms with Gasteiger partial charge in [-0.2, -0.15) is 0 Å². The molecule has 0 spiro atoms. The Morgan fingerprint density at radius 3 is 2.94 bits per heavy atom. The van der Waals surface area contributed by atoms with Gasteiger partial charge in [0.15, 0.2) is 0 Å². The van der Waals surface area contributed by atoms with E-state index >= 15 is 0 Å². The third-order valence-corrected chi connectivity index (χ3v) is 2.06. The fraction of sp³-hybridized carbons (Fsp3) is 0.400. The van der Waals surface area contributed by atoms with Crippen LogP contribution in [-0.4, -0.2) is 43.4 Å². The maximum atomic E-state index is 12.9. The van der Waals surface area contributed by atoms with E-state index in [0.717, 1.165) is 12.3 Å². The topological polar surface area (TPSA) is 62.7 Å². The van der Waals surface area contributed by atoms with Gasteiger partial charge >= 0.3 is 5.97 Å². The number of ether oxygens (including phenoxy) is 1. The lowest BCUT2D eigenvalue weighted by Crippen LogP contribution is -2.25. The Balaban J connectivity index is 2.98. The molecule has 0 atom stereocenters. The molecule has 1 aromatic rings. The molecule has 0 aromatic carbocycles. The van der Waals surface area contributed by atoms with Crippen LogP contribution < -0.4 is 4.90 Å². The summed E-state index contributed by atoms with van der Waals surface area (Å²) in [5, 5.41) is 8.90. The molecule has 1 aromatic heterocycles. The summed E-state index contributed by atoms with van der Waals surface area (Å²) in [6.45, 7) is 0.921. The van der Waals surface area contributed by atoms with Crippen molar-refractivity contribution in [1.82, 2.24) is 4.98 Å². The number of nitrogens with zero attached hydrogens (tertiary/aromatic N) is 2. The number of rotatable bonds is 5. The summed E-state index contributed by atoms with van der Waals surface area (Å²) in [7, 11) is 3.22. The number of aromatic nitrogens is 1. The van der Waals surface area contributed by atoms with Gasteiger partial charge in [0, 0.05) is 20.7 Å². The molecule has 6 heteroatoms. The number of halogens is 1. The molecule has 0 radical (unpaired) electrons. The number of hydrogen-bond acceptors (Lipinski definition) is 4. The standard InChI is InChI=1S/C10H13FN2O3/c1-13(3-4-16-2)9-8(10(14)15)5-7(11)6-12-9/h5-6H,3-4H2,1-2H3,(H,14,15). The second-order valence-corrected chi connectivity index (χ2v) is 3.24. The van der Waals surface area contributed by atoms with E-state index in [1.54, 1.807) is 19.1 Å². The maximum Gasteiger partial charge on any atom is 0.339 e. The largest absolute Gasteiger partial charge is 0.478 e. The number of anilines is 1. The zero-order valence-electron chi connectivity index (χ0n) is 9.11. The first-order chi connectivity index (χ1) is 7.56. The lowest BCUT2D eigenvalue weighted by molar-refractivity contribution is 0.0696. The minimum absolute atomic E-state index is 0.154. The van der Waals surface area contributed by atoms with Crippen LogP contribution in [0.15, 0.2) is 12.3 Å². The predicted octanol–water partition coefficient (Wildman–Crippen LogP) is 1.00. The summed E-state index contributed by atoms with van der Waals surface area (Å²) < 4.78 is 17.7. The van der Waals surface area contributed by atoms with Crippen LogP contribution in [0.4, 0.5) is 10.2 Å². The van der Waals surface area contributed by atoms with E-state index in [-0.39, 0.29) is 11.4 Å². The lowest BCUT2D eigenvalue weighted by atomic mass is 10.2. The van der Waals surface area contributed by atoms with Crippen LogP contribution in [0.3, 0.4) is 0 Å². The second kappa shape index (κ2) is 5.41. The van der Waals surface area contributed by atoms with Gasteiger partial charge in [0.2, 0.25) is 0 Å². The van der Waals surface area contributed by atoms with Crippen molar-refractivity contribution in [3.8, 4) is 0 Å². The molecule has 1 N–H and O–H groups in total. The Kier molecular flexibility index (Phi) is 4.19. The van der Waals surface area contributed by atoms with E-state index in [0.29, 0.717) is 13.2 Å². The molecule has 88 valence electrons. The normalized spacial score (nSPS) is 10.2. The summed E-state index contributed by atoms with van der Waals surface area (Å²) in [6, 6.07) is 0.952. The molecule has 1 heterocycles. The van der Waals surface area contributed by atoms with Crippen molar-refractivity contribution in [3.05, 3.63) is 23.6 Å². The van der Waals surface area contributed by atoms with Crippen molar-refractivity contribution in [1.29, 1.82) is 0 Å². The highest BCUT2D eigenvalue weighted by Crippen LogP contribution is 2.17. The van der Waals surface area contributed by atoms with Gasteiger partial charge in [0.05, 0.1) is 12.8 Å². The van der Waals surface area contributed by atoms with Gasteiger partial charge in [0.25, 0.3) is 0 Å². The second-order valence-electron chi connectivity index (χ2n) is 3.24. The summed E-state index contributed by atoms with van der Waals surface area (Å²) in [6.07, 6.45) is 0.991. The van der Waals surface area contributed by atoms with Gasteiger partial charge in [-0.25, -0.2) is 14.2 Å². The maximum absolute atomic E-state index is 12.9. The van der Waals surface area contributed by atoms with Gasteiger partial charge in [-0.05, 0) is 6.07 Å². The number of pyridine rings is 1. The van der Waals surface area contributed by atoms with Crippen LogP contribution in [-0.2, 0) is 4.74 Å². The van der Waals surface area contributed by atoms with Crippen LogP contribution in [0.5, 0.6) is 0 Å². The van der Waals surface area contributed by atoms with Crippen LogP contribution in [0.25, 0.3) is 0 Å². The molecular formula is C10H13FN2O3. The molecule has 16 heavy (non-hydrogen) atoms. The van der Waals surface area contributed by atoms with Gasteiger partial charge in [-0.1, -0.05) is 0 Å².